The molecule has 0 saturated carbocycles. The van der Waals surface area contributed by atoms with Gasteiger partial charge in [-0.05, 0) is 63.6 Å². The van der Waals surface area contributed by atoms with Crippen molar-refractivity contribution in [2.24, 2.45) is 0 Å². The van der Waals surface area contributed by atoms with Crippen LogP contribution >= 0.6 is 11.3 Å². The quantitative estimate of drug-likeness (QED) is 0.906. The first-order valence-corrected chi connectivity index (χ1v) is 7.69. The van der Waals surface area contributed by atoms with Crippen molar-refractivity contribution in [3.05, 3.63) is 50.2 Å². The molecule has 0 fully saturated rings. The smallest absolute Gasteiger partial charge is 0.124 e. The summed E-state index contributed by atoms with van der Waals surface area (Å²) >= 11 is 1.86. The Morgan fingerprint density at radius 3 is 2.25 bits per heavy atom. The molecular formula is C17H23NOS. The Labute approximate surface area is 125 Å². The molecule has 1 aromatic carbocycles. The van der Waals surface area contributed by atoms with Crippen LogP contribution in [0.4, 0.5) is 0 Å². The van der Waals surface area contributed by atoms with E-state index >= 15 is 0 Å². The van der Waals surface area contributed by atoms with E-state index in [4.69, 9.17) is 4.74 Å². The molecule has 2 rings (SSSR count). The number of hydrogen-bond donors (Lipinski definition) is 1. The highest BCUT2D eigenvalue weighted by Gasteiger charge is 2.21. The van der Waals surface area contributed by atoms with Crippen LogP contribution in [0.3, 0.4) is 0 Å². The molecule has 0 spiro atoms. The van der Waals surface area contributed by atoms with E-state index in [1.54, 1.807) is 7.11 Å². The Morgan fingerprint density at radius 2 is 1.75 bits per heavy atom. The Balaban J connectivity index is 2.57. The van der Waals surface area contributed by atoms with Crippen LogP contribution in [0.15, 0.2) is 18.2 Å². The molecule has 0 saturated heterocycles. The van der Waals surface area contributed by atoms with E-state index in [2.05, 4.69) is 51.2 Å². The first-order chi connectivity index (χ1) is 9.47. The maximum absolute atomic E-state index is 5.61. The van der Waals surface area contributed by atoms with Crippen LogP contribution in [-0.2, 0) is 0 Å². The summed E-state index contributed by atoms with van der Waals surface area (Å²) in [4.78, 5) is 2.72. The van der Waals surface area contributed by atoms with Crippen molar-refractivity contribution < 1.29 is 4.74 Å². The Hall–Kier alpha value is -1.32. The number of nitrogens with one attached hydrogen (secondary N) is 1. The van der Waals surface area contributed by atoms with Gasteiger partial charge in [0, 0.05) is 15.3 Å². The van der Waals surface area contributed by atoms with Crippen LogP contribution < -0.4 is 10.1 Å². The zero-order valence-corrected chi connectivity index (χ0v) is 13.9. The molecule has 2 nitrogen and oxygen atoms in total. The van der Waals surface area contributed by atoms with Gasteiger partial charge in [0.2, 0.25) is 0 Å². The highest BCUT2D eigenvalue weighted by molar-refractivity contribution is 7.12. The summed E-state index contributed by atoms with van der Waals surface area (Å²) in [6.07, 6.45) is 0. The summed E-state index contributed by atoms with van der Waals surface area (Å²) in [5.41, 5.74) is 5.09. The Bertz CT molecular complexity index is 596. The van der Waals surface area contributed by atoms with Crippen molar-refractivity contribution in [2.75, 3.05) is 14.2 Å². The second kappa shape index (κ2) is 5.98. The highest BCUT2D eigenvalue weighted by atomic mass is 32.1. The molecule has 0 radical (unpaired) electrons. The van der Waals surface area contributed by atoms with Crippen LogP contribution in [-0.4, -0.2) is 14.2 Å². The lowest BCUT2D eigenvalue weighted by molar-refractivity contribution is 0.405. The number of methoxy groups -OCH3 is 1. The van der Waals surface area contributed by atoms with Gasteiger partial charge in [-0.15, -0.1) is 11.3 Å². The normalized spacial score (nSPS) is 12.5. The second-order valence-electron chi connectivity index (χ2n) is 5.31. The molecule has 0 bridgehead atoms. The van der Waals surface area contributed by atoms with Crippen molar-refractivity contribution in [1.82, 2.24) is 5.32 Å². The van der Waals surface area contributed by atoms with Crippen molar-refractivity contribution in [3.8, 4) is 5.75 Å². The summed E-state index contributed by atoms with van der Waals surface area (Å²) in [5, 5.41) is 3.44. The molecule has 108 valence electrons. The average Bonchev–Trinajstić information content (AvgIpc) is 2.72. The molecule has 1 N–H and O–H groups in total. The average molecular weight is 289 g/mol. The first-order valence-electron chi connectivity index (χ1n) is 6.87. The molecule has 0 aliphatic heterocycles. The van der Waals surface area contributed by atoms with Gasteiger partial charge in [0.05, 0.1) is 13.2 Å². The van der Waals surface area contributed by atoms with Gasteiger partial charge in [-0.1, -0.05) is 6.07 Å². The van der Waals surface area contributed by atoms with Crippen LogP contribution in [0.1, 0.15) is 38.0 Å². The summed E-state index contributed by atoms with van der Waals surface area (Å²) in [6, 6.07) is 6.79. The van der Waals surface area contributed by atoms with Crippen LogP contribution in [0.2, 0.25) is 0 Å². The first kappa shape index (κ1) is 15.1. The van der Waals surface area contributed by atoms with Gasteiger partial charge in [-0.3, -0.25) is 0 Å². The van der Waals surface area contributed by atoms with E-state index in [1.165, 1.54) is 32.0 Å². The van der Waals surface area contributed by atoms with Crippen molar-refractivity contribution >= 4 is 11.3 Å². The minimum atomic E-state index is 0.183. The number of hydrogen-bond acceptors (Lipinski definition) is 3. The minimum absolute atomic E-state index is 0.183. The monoisotopic (exact) mass is 289 g/mol. The number of ether oxygens (including phenoxy) is 1. The summed E-state index contributed by atoms with van der Waals surface area (Å²) in [5.74, 6) is 0.963. The van der Waals surface area contributed by atoms with Gasteiger partial charge >= 0.3 is 0 Å². The minimum Gasteiger partial charge on any atom is -0.496 e. The van der Waals surface area contributed by atoms with Gasteiger partial charge in [-0.25, -0.2) is 0 Å². The third kappa shape index (κ3) is 2.74. The SMILES string of the molecule is CNC(c1cc(C)c(C)s1)c1c(C)cc(C)cc1OC. The van der Waals surface area contributed by atoms with E-state index in [0.29, 0.717) is 0 Å². The lowest BCUT2D eigenvalue weighted by Gasteiger charge is -2.21. The molecule has 1 atom stereocenters. The standard InChI is InChI=1S/C17H23NOS/c1-10-7-12(3)16(14(8-10)19-6)17(18-5)15-9-11(2)13(4)20-15/h7-9,17-18H,1-6H3. The third-order valence-electron chi connectivity index (χ3n) is 3.76. The van der Waals surface area contributed by atoms with Crippen molar-refractivity contribution in [1.29, 1.82) is 0 Å². The summed E-state index contributed by atoms with van der Waals surface area (Å²) < 4.78 is 5.61. The fourth-order valence-electron chi connectivity index (χ4n) is 2.65. The van der Waals surface area contributed by atoms with Crippen molar-refractivity contribution in [3.63, 3.8) is 0 Å². The van der Waals surface area contributed by atoms with Gasteiger partial charge in [0.1, 0.15) is 5.75 Å². The number of benzene rings is 1. The fourth-order valence-corrected chi connectivity index (χ4v) is 3.81. The predicted molar refractivity (Wildman–Crippen MR) is 87.2 cm³/mol. The van der Waals surface area contributed by atoms with Crippen LogP contribution in [0.25, 0.3) is 0 Å². The molecule has 0 amide bonds. The topological polar surface area (TPSA) is 21.3 Å². The van der Waals surface area contributed by atoms with Gasteiger partial charge in [-0.2, -0.15) is 0 Å². The second-order valence-corrected chi connectivity index (χ2v) is 6.60. The van der Waals surface area contributed by atoms with Crippen LogP contribution in [0, 0.1) is 27.7 Å². The lowest BCUT2D eigenvalue weighted by Crippen LogP contribution is -2.18. The summed E-state index contributed by atoms with van der Waals surface area (Å²) in [7, 11) is 3.75. The van der Waals surface area contributed by atoms with E-state index in [0.717, 1.165) is 5.75 Å². The molecule has 3 heteroatoms. The molecule has 20 heavy (non-hydrogen) atoms. The largest absolute Gasteiger partial charge is 0.496 e. The third-order valence-corrected chi connectivity index (χ3v) is 4.98. The van der Waals surface area contributed by atoms with Gasteiger partial charge in [0.25, 0.3) is 0 Å². The molecule has 1 heterocycles. The number of rotatable bonds is 4. The van der Waals surface area contributed by atoms with E-state index < -0.39 is 0 Å². The highest BCUT2D eigenvalue weighted by Crippen LogP contribution is 2.37. The van der Waals surface area contributed by atoms with Gasteiger partial charge in [0.15, 0.2) is 0 Å². The number of aryl methyl sites for hydroxylation is 4. The molecule has 2 aromatic rings. The maximum atomic E-state index is 5.61. The molecule has 0 aliphatic rings. The van der Waals surface area contributed by atoms with E-state index in [1.807, 2.05) is 18.4 Å². The molecule has 1 aromatic heterocycles. The number of thiophene rings is 1. The Morgan fingerprint density at radius 1 is 1.05 bits per heavy atom. The zero-order chi connectivity index (χ0) is 14.9. The summed E-state index contributed by atoms with van der Waals surface area (Å²) in [6.45, 7) is 8.60. The molecule has 0 aliphatic carbocycles. The van der Waals surface area contributed by atoms with Crippen LogP contribution in [0.5, 0.6) is 5.75 Å². The van der Waals surface area contributed by atoms with E-state index in [9.17, 15) is 0 Å². The zero-order valence-electron chi connectivity index (χ0n) is 13.1. The Kier molecular flexibility index (Phi) is 4.51. The fraction of sp³-hybridized carbons (Fsp3) is 0.412. The van der Waals surface area contributed by atoms with E-state index in [-0.39, 0.29) is 6.04 Å². The molecule has 1 unspecified atom stereocenters. The maximum Gasteiger partial charge on any atom is 0.124 e. The lowest BCUT2D eigenvalue weighted by atomic mass is 9.96. The van der Waals surface area contributed by atoms with Gasteiger partial charge < -0.3 is 10.1 Å². The van der Waals surface area contributed by atoms with Crippen molar-refractivity contribution in [2.45, 2.75) is 33.7 Å². The predicted octanol–water partition coefficient (Wildman–Crippen LogP) is 4.30. The molecular weight excluding hydrogens is 266 g/mol.